The lowest BCUT2D eigenvalue weighted by molar-refractivity contribution is -0.126. The lowest BCUT2D eigenvalue weighted by Gasteiger charge is -2.29. The number of hydrogen-bond acceptors (Lipinski definition) is 4. The minimum Gasteiger partial charge on any atom is -0.435 e. The highest BCUT2D eigenvalue weighted by Gasteiger charge is 2.29. The molecule has 0 aromatic heterocycles. The molecule has 2 aromatic rings. The topological polar surface area (TPSA) is 75.7 Å². The highest BCUT2D eigenvalue weighted by molar-refractivity contribution is 7.92. The summed E-state index contributed by atoms with van der Waals surface area (Å²) in [5.74, 6) is -0.365. The van der Waals surface area contributed by atoms with Crippen molar-refractivity contribution in [2.24, 2.45) is 5.92 Å². The van der Waals surface area contributed by atoms with Crippen LogP contribution in [0.25, 0.3) is 6.08 Å². The van der Waals surface area contributed by atoms with Crippen LogP contribution in [0.5, 0.6) is 5.75 Å². The number of halogens is 2. The van der Waals surface area contributed by atoms with E-state index in [-0.39, 0.29) is 37.2 Å². The third kappa shape index (κ3) is 6.86. The summed E-state index contributed by atoms with van der Waals surface area (Å²) in [6, 6.07) is 15.2. The molecule has 6 nitrogen and oxygen atoms in total. The molecular formula is C22H24F2N2O4S. The van der Waals surface area contributed by atoms with Gasteiger partial charge < -0.3 is 10.1 Å². The van der Waals surface area contributed by atoms with Crippen molar-refractivity contribution in [3.8, 4) is 5.75 Å². The molecule has 0 saturated carbocycles. The highest BCUT2D eigenvalue weighted by atomic mass is 32.2. The average molecular weight is 451 g/mol. The van der Waals surface area contributed by atoms with Crippen LogP contribution in [0.15, 0.2) is 60.0 Å². The Hall–Kier alpha value is -2.78. The Labute approximate surface area is 180 Å². The largest absolute Gasteiger partial charge is 0.435 e. The van der Waals surface area contributed by atoms with Crippen molar-refractivity contribution in [2.75, 3.05) is 13.1 Å². The van der Waals surface area contributed by atoms with Crippen molar-refractivity contribution in [1.29, 1.82) is 0 Å². The zero-order chi connectivity index (χ0) is 22.3. The van der Waals surface area contributed by atoms with Crippen molar-refractivity contribution in [3.05, 3.63) is 71.1 Å². The number of carbonyl (C=O) groups excluding carboxylic acids is 1. The summed E-state index contributed by atoms with van der Waals surface area (Å²) in [4.78, 5) is 12.4. The maximum Gasteiger partial charge on any atom is 0.387 e. The molecule has 1 aliphatic heterocycles. The molecule has 2 aromatic carbocycles. The molecule has 0 aliphatic carbocycles. The molecule has 0 radical (unpaired) electrons. The molecule has 1 heterocycles. The zero-order valence-electron chi connectivity index (χ0n) is 16.8. The van der Waals surface area contributed by atoms with E-state index in [1.807, 2.05) is 30.3 Å². The van der Waals surface area contributed by atoms with Gasteiger partial charge in [-0.1, -0.05) is 42.5 Å². The summed E-state index contributed by atoms with van der Waals surface area (Å²) >= 11 is 0. The number of carbonyl (C=O) groups is 1. The Morgan fingerprint density at radius 3 is 2.35 bits per heavy atom. The number of alkyl halides is 2. The molecule has 31 heavy (non-hydrogen) atoms. The van der Waals surface area contributed by atoms with Gasteiger partial charge in [-0.25, -0.2) is 8.42 Å². The highest BCUT2D eigenvalue weighted by Crippen LogP contribution is 2.21. The lowest BCUT2D eigenvalue weighted by atomic mass is 9.97. The number of sulfonamides is 1. The van der Waals surface area contributed by atoms with Crippen molar-refractivity contribution in [2.45, 2.75) is 26.0 Å². The average Bonchev–Trinajstić information content (AvgIpc) is 2.77. The number of rotatable bonds is 8. The van der Waals surface area contributed by atoms with Gasteiger partial charge in [0.15, 0.2) is 0 Å². The van der Waals surface area contributed by atoms with E-state index in [9.17, 15) is 22.0 Å². The van der Waals surface area contributed by atoms with Crippen molar-refractivity contribution < 1.29 is 26.7 Å². The number of hydrogen-bond donors (Lipinski definition) is 1. The zero-order valence-corrected chi connectivity index (χ0v) is 17.6. The number of amides is 1. The normalized spacial score (nSPS) is 16.0. The van der Waals surface area contributed by atoms with Crippen LogP contribution in [0.2, 0.25) is 0 Å². The van der Waals surface area contributed by atoms with Crippen LogP contribution in [-0.2, 0) is 21.4 Å². The first-order valence-corrected chi connectivity index (χ1v) is 11.4. The third-order valence-corrected chi connectivity index (χ3v) is 6.60. The van der Waals surface area contributed by atoms with Gasteiger partial charge in [-0.2, -0.15) is 13.1 Å². The van der Waals surface area contributed by atoms with Crippen LogP contribution in [0, 0.1) is 5.92 Å². The van der Waals surface area contributed by atoms with Crippen LogP contribution < -0.4 is 10.1 Å². The number of nitrogens with one attached hydrogen (secondary N) is 1. The van der Waals surface area contributed by atoms with E-state index in [0.717, 1.165) is 11.1 Å². The standard InChI is InChI=1S/C22H24F2N2O4S/c23-22(24)30-20-8-6-18(7-9-20)16-25-21(27)19-10-13-26(14-11-19)31(28,29)15-12-17-4-2-1-3-5-17/h1-9,12,15,19,22H,10-11,13-14,16H2,(H,25,27)/b15-12+. The predicted octanol–water partition coefficient (Wildman–Crippen LogP) is 3.62. The lowest BCUT2D eigenvalue weighted by Crippen LogP contribution is -2.42. The Kier molecular flexibility index (Phi) is 7.75. The maximum absolute atomic E-state index is 12.5. The summed E-state index contributed by atoms with van der Waals surface area (Å²) < 4.78 is 55.1. The fourth-order valence-electron chi connectivity index (χ4n) is 3.31. The first kappa shape index (κ1) is 22.9. The van der Waals surface area contributed by atoms with E-state index < -0.39 is 16.6 Å². The second-order valence-electron chi connectivity index (χ2n) is 7.17. The molecule has 1 aliphatic rings. The Morgan fingerprint density at radius 1 is 1.10 bits per heavy atom. The number of benzene rings is 2. The van der Waals surface area contributed by atoms with E-state index in [0.29, 0.717) is 12.8 Å². The molecule has 0 bridgehead atoms. The fraction of sp³-hybridized carbons (Fsp3) is 0.318. The molecule has 1 fully saturated rings. The van der Waals surface area contributed by atoms with Gasteiger partial charge in [0.05, 0.1) is 0 Å². The molecule has 1 N–H and O–H groups in total. The summed E-state index contributed by atoms with van der Waals surface area (Å²) in [7, 11) is -3.54. The number of piperidine rings is 1. The molecule has 9 heteroatoms. The van der Waals surface area contributed by atoms with Gasteiger partial charge in [-0.15, -0.1) is 0 Å². The Balaban J connectivity index is 1.46. The Bertz CT molecular complexity index is 988. The molecule has 166 valence electrons. The SMILES string of the molecule is O=C(NCc1ccc(OC(F)F)cc1)C1CCN(S(=O)(=O)/C=C/c2ccccc2)CC1. The monoisotopic (exact) mass is 450 g/mol. The first-order valence-electron chi connectivity index (χ1n) is 9.88. The minimum absolute atomic E-state index is 0.0555. The van der Waals surface area contributed by atoms with Crippen LogP contribution in [0.4, 0.5) is 8.78 Å². The smallest absolute Gasteiger partial charge is 0.387 e. The Morgan fingerprint density at radius 2 is 1.74 bits per heavy atom. The molecule has 1 saturated heterocycles. The molecule has 0 unspecified atom stereocenters. The van der Waals surface area contributed by atoms with Gasteiger partial charge in [0, 0.05) is 31.0 Å². The number of nitrogens with zero attached hydrogens (tertiary/aromatic N) is 1. The van der Waals surface area contributed by atoms with E-state index in [2.05, 4.69) is 10.1 Å². The van der Waals surface area contributed by atoms with Crippen molar-refractivity contribution in [3.63, 3.8) is 0 Å². The van der Waals surface area contributed by atoms with Crippen LogP contribution in [0.1, 0.15) is 24.0 Å². The van der Waals surface area contributed by atoms with Gasteiger partial charge in [0.1, 0.15) is 5.75 Å². The summed E-state index contributed by atoms with van der Waals surface area (Å²) in [5, 5.41) is 4.02. The summed E-state index contributed by atoms with van der Waals surface area (Å²) in [5.41, 5.74) is 1.55. The van der Waals surface area contributed by atoms with E-state index in [1.54, 1.807) is 18.2 Å². The number of ether oxygens (including phenoxy) is 1. The predicted molar refractivity (Wildman–Crippen MR) is 114 cm³/mol. The quantitative estimate of drug-likeness (QED) is 0.667. The summed E-state index contributed by atoms with van der Waals surface area (Å²) in [6.45, 7) is -2.07. The summed E-state index contributed by atoms with van der Waals surface area (Å²) in [6.07, 6.45) is 2.43. The van der Waals surface area contributed by atoms with Gasteiger partial charge >= 0.3 is 6.61 Å². The van der Waals surface area contributed by atoms with Crippen LogP contribution in [-0.4, -0.2) is 38.3 Å². The minimum atomic E-state index is -3.54. The molecule has 0 atom stereocenters. The molecule has 1 amide bonds. The van der Waals surface area contributed by atoms with E-state index in [1.165, 1.54) is 21.8 Å². The molecule has 0 spiro atoms. The third-order valence-electron chi connectivity index (χ3n) is 5.03. The van der Waals surface area contributed by atoms with Crippen LogP contribution in [0.3, 0.4) is 0 Å². The fourth-order valence-corrected chi connectivity index (χ4v) is 4.53. The van der Waals surface area contributed by atoms with Crippen molar-refractivity contribution >= 4 is 22.0 Å². The second-order valence-corrected chi connectivity index (χ2v) is 8.99. The van der Waals surface area contributed by atoms with E-state index >= 15 is 0 Å². The van der Waals surface area contributed by atoms with Gasteiger partial charge in [-0.3, -0.25) is 4.79 Å². The van der Waals surface area contributed by atoms with E-state index in [4.69, 9.17) is 0 Å². The molecular weight excluding hydrogens is 426 g/mol. The van der Waals surface area contributed by atoms with Crippen molar-refractivity contribution in [1.82, 2.24) is 9.62 Å². The maximum atomic E-state index is 12.5. The molecule has 3 rings (SSSR count). The van der Waals surface area contributed by atoms with Gasteiger partial charge in [0.2, 0.25) is 15.9 Å². The van der Waals surface area contributed by atoms with Gasteiger partial charge in [-0.05, 0) is 42.2 Å². The first-order chi connectivity index (χ1) is 14.8. The van der Waals surface area contributed by atoms with Crippen LogP contribution >= 0.6 is 0 Å². The van der Waals surface area contributed by atoms with Gasteiger partial charge in [0.25, 0.3) is 0 Å². The second kappa shape index (κ2) is 10.5.